The molecule has 18 nitrogen and oxygen atoms in total. The van der Waals surface area contributed by atoms with Crippen molar-refractivity contribution < 1.29 is 38.5 Å². The Labute approximate surface area is 310 Å². The van der Waals surface area contributed by atoms with Gasteiger partial charge >= 0.3 is 0 Å². The van der Waals surface area contributed by atoms with E-state index < -0.39 is 42.3 Å². The Morgan fingerprint density at radius 3 is 2.46 bits per heavy atom. The summed E-state index contributed by atoms with van der Waals surface area (Å²) in [4.78, 5) is 61.2. The van der Waals surface area contributed by atoms with Gasteiger partial charge < -0.3 is 57.4 Å². The number of unbranched alkanes of at least 4 members (excludes halogenated alkanes) is 1. The van der Waals surface area contributed by atoms with Crippen molar-refractivity contribution >= 4 is 73.6 Å². The molecule has 0 unspecified atom stereocenters. The molecule has 0 saturated heterocycles. The standard InChI is InChI=1S/C32H50N10O8S2/c1-48-11-12-49-13-14-50-18-27(45)41-23(6-4-10-36-32(34)35)28(46)37-16-26(44)40-24(5-2-3-9-33)29(47)38-20-7-8-22-25(15-20)52-31(42-22)30-39-21(17-43)19-51-30/h7-8,15,21,23-24,43H,2-6,9-14,16-19,33H2,1H3,(H,37,46)(H,38,47)(H,40,44)(H,41,45)(H4,34,35,36)/t21-,23+,24-/m0/s1. The summed E-state index contributed by atoms with van der Waals surface area (Å²) in [6, 6.07) is 3.27. The molecule has 4 amide bonds. The first-order valence-electron chi connectivity index (χ1n) is 17.0. The number of methoxy groups -OCH3 is 1. The average Bonchev–Trinajstić information content (AvgIpc) is 3.78. The van der Waals surface area contributed by atoms with Gasteiger partial charge in [-0.15, -0.1) is 23.1 Å². The Kier molecular flexibility index (Phi) is 19.3. The predicted molar refractivity (Wildman–Crippen MR) is 201 cm³/mol. The number of carbonyl (C=O) groups is 4. The van der Waals surface area contributed by atoms with Crippen LogP contribution < -0.4 is 38.1 Å². The minimum absolute atomic E-state index is 0.0177. The second kappa shape index (κ2) is 23.6. The molecule has 1 aromatic heterocycles. The summed E-state index contributed by atoms with van der Waals surface area (Å²) in [6.07, 6.45) is 2.12. The number of nitrogens with two attached hydrogens (primary N) is 2. The number of amides is 4. The van der Waals surface area contributed by atoms with Crippen LogP contribution in [0.2, 0.25) is 0 Å². The van der Waals surface area contributed by atoms with Gasteiger partial charge in [-0.25, -0.2) is 4.98 Å². The topological polar surface area (TPSA) is 277 Å². The van der Waals surface area contributed by atoms with Gasteiger partial charge in [-0.05, 0) is 56.8 Å². The summed E-state index contributed by atoms with van der Waals surface area (Å²) in [5.41, 5.74) is 12.3. The number of rotatable bonds is 25. The van der Waals surface area contributed by atoms with E-state index in [0.29, 0.717) is 63.4 Å². The molecule has 20 heteroatoms. The van der Waals surface area contributed by atoms with Gasteiger partial charge in [0, 0.05) is 25.1 Å². The quantitative estimate of drug-likeness (QED) is 0.0342. The second-order valence-electron chi connectivity index (χ2n) is 11.7. The third-order valence-electron chi connectivity index (χ3n) is 7.46. The van der Waals surface area contributed by atoms with E-state index in [-0.39, 0.29) is 44.8 Å². The lowest BCUT2D eigenvalue weighted by molar-refractivity contribution is -0.133. The number of ether oxygens (including phenoxy) is 3. The minimum atomic E-state index is -1.00. The zero-order valence-electron chi connectivity index (χ0n) is 29.2. The van der Waals surface area contributed by atoms with E-state index in [1.807, 2.05) is 0 Å². The van der Waals surface area contributed by atoms with Gasteiger partial charge in [-0.2, -0.15) is 0 Å². The van der Waals surface area contributed by atoms with E-state index in [9.17, 15) is 24.3 Å². The molecule has 2 aromatic rings. The number of hydrogen-bond acceptors (Lipinski definition) is 14. The van der Waals surface area contributed by atoms with Crippen LogP contribution in [0.25, 0.3) is 10.2 Å². The minimum Gasteiger partial charge on any atom is -0.394 e. The fourth-order valence-corrected chi connectivity index (χ4v) is 6.93. The van der Waals surface area contributed by atoms with Gasteiger partial charge in [0.15, 0.2) is 5.96 Å². The molecule has 0 spiro atoms. The molecule has 0 fully saturated rings. The van der Waals surface area contributed by atoms with Crippen molar-refractivity contribution in [3.8, 4) is 0 Å². The number of anilines is 1. The Balaban J connectivity index is 1.56. The number of aromatic nitrogens is 1. The molecule has 0 bridgehead atoms. The molecule has 11 N–H and O–H groups in total. The highest BCUT2D eigenvalue weighted by molar-refractivity contribution is 8.15. The predicted octanol–water partition coefficient (Wildman–Crippen LogP) is -0.753. The zero-order chi connectivity index (χ0) is 37.7. The lowest BCUT2D eigenvalue weighted by Crippen LogP contribution is -2.52. The Hall–Kier alpha value is -3.92. The van der Waals surface area contributed by atoms with Gasteiger partial charge in [-0.1, -0.05) is 0 Å². The maximum atomic E-state index is 13.4. The normalized spacial score (nSPS) is 15.1. The highest BCUT2D eigenvalue weighted by Gasteiger charge is 2.25. The fourth-order valence-electron chi connectivity index (χ4n) is 4.81. The zero-order valence-corrected chi connectivity index (χ0v) is 30.9. The van der Waals surface area contributed by atoms with E-state index in [1.54, 1.807) is 37.1 Å². The number of thiazole rings is 1. The Morgan fingerprint density at radius 2 is 1.73 bits per heavy atom. The van der Waals surface area contributed by atoms with Crippen LogP contribution >= 0.6 is 23.1 Å². The van der Waals surface area contributed by atoms with Crippen LogP contribution in [0.5, 0.6) is 0 Å². The molecule has 0 aliphatic carbocycles. The number of nitrogens with one attached hydrogen (secondary N) is 6. The number of nitrogens with zero attached hydrogens (tertiary/aromatic N) is 2. The van der Waals surface area contributed by atoms with Gasteiger partial charge in [0.2, 0.25) is 23.6 Å². The number of hydrogen-bond donors (Lipinski definition) is 9. The lowest BCUT2D eigenvalue weighted by atomic mass is 10.1. The van der Waals surface area contributed by atoms with Crippen LogP contribution in [0, 0.1) is 5.41 Å². The maximum absolute atomic E-state index is 13.4. The molecule has 2 heterocycles. The third kappa shape index (κ3) is 15.4. The van der Waals surface area contributed by atoms with Crippen LogP contribution in [0.1, 0.15) is 37.1 Å². The summed E-state index contributed by atoms with van der Waals surface area (Å²) >= 11 is 2.98. The molecular formula is C32H50N10O8S2. The molecular weight excluding hydrogens is 717 g/mol. The molecule has 0 radical (unpaired) electrons. The van der Waals surface area contributed by atoms with E-state index in [4.69, 9.17) is 31.1 Å². The van der Waals surface area contributed by atoms with Crippen molar-refractivity contribution in [1.29, 1.82) is 5.41 Å². The molecule has 52 heavy (non-hydrogen) atoms. The van der Waals surface area contributed by atoms with E-state index in [1.165, 1.54) is 11.3 Å². The Morgan fingerprint density at radius 1 is 1.00 bits per heavy atom. The molecule has 0 saturated carbocycles. The second-order valence-corrected chi connectivity index (χ2v) is 13.7. The maximum Gasteiger partial charge on any atom is 0.246 e. The lowest BCUT2D eigenvalue weighted by Gasteiger charge is -2.21. The Bertz CT molecular complexity index is 1510. The fraction of sp³-hybridized carbons (Fsp3) is 0.594. The average molecular weight is 767 g/mol. The largest absolute Gasteiger partial charge is 0.394 e. The molecule has 1 aliphatic rings. The van der Waals surface area contributed by atoms with Crippen LogP contribution in [0.15, 0.2) is 23.2 Å². The third-order valence-corrected chi connectivity index (χ3v) is 9.74. The van der Waals surface area contributed by atoms with E-state index >= 15 is 0 Å². The highest BCUT2D eigenvalue weighted by atomic mass is 32.2. The number of aliphatic hydroxyl groups is 1. The van der Waals surface area contributed by atoms with Crippen molar-refractivity contribution in [3.63, 3.8) is 0 Å². The van der Waals surface area contributed by atoms with Crippen molar-refractivity contribution in [1.82, 2.24) is 26.3 Å². The number of thioether (sulfide) groups is 1. The van der Waals surface area contributed by atoms with Crippen molar-refractivity contribution in [3.05, 3.63) is 23.2 Å². The summed E-state index contributed by atoms with van der Waals surface area (Å²) in [5, 5.41) is 31.6. The molecule has 3 atom stereocenters. The van der Waals surface area contributed by atoms with E-state index in [2.05, 4.69) is 36.6 Å². The van der Waals surface area contributed by atoms with Crippen molar-refractivity contribution in [2.75, 3.05) is 77.5 Å². The number of aliphatic imine (C=N–C) groups is 1. The summed E-state index contributed by atoms with van der Waals surface area (Å²) < 4.78 is 16.3. The van der Waals surface area contributed by atoms with Gasteiger partial charge in [0.1, 0.15) is 28.7 Å². The summed E-state index contributed by atoms with van der Waals surface area (Å²) in [6.45, 7) is 1.21. The van der Waals surface area contributed by atoms with Gasteiger partial charge in [0.25, 0.3) is 0 Å². The first-order valence-corrected chi connectivity index (χ1v) is 18.8. The summed E-state index contributed by atoms with van der Waals surface area (Å²) in [7, 11) is 1.56. The number of aliphatic hydroxyl groups excluding tert-OH is 1. The van der Waals surface area contributed by atoms with E-state index in [0.717, 1.165) is 20.3 Å². The van der Waals surface area contributed by atoms with Crippen LogP contribution in [0.3, 0.4) is 0 Å². The van der Waals surface area contributed by atoms with Crippen LogP contribution in [-0.2, 0) is 33.4 Å². The molecule has 3 rings (SSSR count). The van der Waals surface area contributed by atoms with Crippen LogP contribution in [0.4, 0.5) is 5.69 Å². The van der Waals surface area contributed by atoms with Crippen molar-refractivity contribution in [2.45, 2.75) is 50.2 Å². The number of guanidine groups is 1. The number of benzene rings is 1. The highest BCUT2D eigenvalue weighted by Crippen LogP contribution is 2.31. The SMILES string of the molecule is COCCOCCOCC(=O)N[C@H](CCCNC(=N)N)C(=O)NCC(=O)N[C@@H](CCCCN)C(=O)Nc1ccc2nc(C3=N[C@@H](CO)CS3)sc2c1. The number of carbonyl (C=O) groups excluding carboxylic acids is 4. The smallest absolute Gasteiger partial charge is 0.246 e. The monoisotopic (exact) mass is 766 g/mol. The molecule has 1 aromatic carbocycles. The van der Waals surface area contributed by atoms with Crippen LogP contribution in [-0.4, -0.2) is 135 Å². The summed E-state index contributed by atoms with van der Waals surface area (Å²) in [5.74, 6) is -1.70. The van der Waals surface area contributed by atoms with Crippen molar-refractivity contribution in [2.24, 2.45) is 16.5 Å². The first-order chi connectivity index (χ1) is 25.1. The van der Waals surface area contributed by atoms with Gasteiger partial charge in [0.05, 0.1) is 55.8 Å². The number of fused-ring (bicyclic) bond motifs is 1. The van der Waals surface area contributed by atoms with Gasteiger partial charge in [-0.3, -0.25) is 29.6 Å². The molecule has 1 aliphatic heterocycles. The first kappa shape index (κ1) is 42.5. The molecule has 288 valence electrons.